The molecule has 202 valence electrons. The maximum Gasteiger partial charge on any atom is 0.205 e. The summed E-state index contributed by atoms with van der Waals surface area (Å²) < 4.78 is 14.7. The molecule has 0 aliphatic rings. The summed E-state index contributed by atoms with van der Waals surface area (Å²) in [5, 5.41) is 3.67. The Kier molecular flexibility index (Phi) is 8.19. The van der Waals surface area contributed by atoms with Crippen molar-refractivity contribution in [2.75, 3.05) is 5.32 Å². The highest BCUT2D eigenvalue weighted by atomic mass is 35.5. The number of hydrogen-bond donors (Lipinski definition) is 2. The Hall–Kier alpha value is -4.14. The fourth-order valence-corrected chi connectivity index (χ4v) is 5.55. The van der Waals surface area contributed by atoms with Crippen LogP contribution in [-0.2, 0) is 0 Å². The maximum absolute atomic E-state index is 13.5. The van der Waals surface area contributed by atoms with Gasteiger partial charge < -0.3 is 10.3 Å². The Morgan fingerprint density at radius 3 is 2.65 bits per heavy atom. The summed E-state index contributed by atoms with van der Waals surface area (Å²) in [4.78, 5) is 28.1. The van der Waals surface area contributed by atoms with Crippen molar-refractivity contribution in [3.05, 3.63) is 101 Å². The van der Waals surface area contributed by atoms with Gasteiger partial charge in [0.15, 0.2) is 6.29 Å². The van der Waals surface area contributed by atoms with Gasteiger partial charge in [-0.25, -0.2) is 9.37 Å². The van der Waals surface area contributed by atoms with Gasteiger partial charge in [0, 0.05) is 28.7 Å². The van der Waals surface area contributed by atoms with Crippen LogP contribution >= 0.6 is 22.9 Å². The predicted molar refractivity (Wildman–Crippen MR) is 162 cm³/mol. The first kappa shape index (κ1) is 27.4. The van der Waals surface area contributed by atoms with E-state index in [1.807, 2.05) is 18.3 Å². The topological polar surface area (TPSA) is 83.6 Å². The number of nitrogens with one attached hydrogen (secondary N) is 2. The van der Waals surface area contributed by atoms with E-state index in [9.17, 15) is 9.18 Å². The number of aryl methyl sites for hydroxylation is 1. The number of halogens is 2. The molecular formula is C31H27ClFN5OS. The number of benzene rings is 2. The number of aromatic amines is 1. The van der Waals surface area contributed by atoms with E-state index in [-0.39, 0.29) is 5.82 Å². The number of hydrogen-bond acceptors (Lipinski definition) is 6. The summed E-state index contributed by atoms with van der Waals surface area (Å²) >= 11 is 7.63. The third-order valence-electron chi connectivity index (χ3n) is 6.64. The van der Waals surface area contributed by atoms with Gasteiger partial charge in [0.1, 0.15) is 5.82 Å². The van der Waals surface area contributed by atoms with Gasteiger partial charge >= 0.3 is 0 Å². The maximum atomic E-state index is 13.5. The largest absolute Gasteiger partial charge is 0.326 e. The number of fused-ring (bicyclic) bond motifs is 2. The number of thiophene rings is 1. The first-order valence-corrected chi connectivity index (χ1v) is 14.0. The van der Waals surface area contributed by atoms with Crippen molar-refractivity contribution < 1.29 is 9.18 Å². The van der Waals surface area contributed by atoms with Crippen LogP contribution in [0.1, 0.15) is 47.7 Å². The van der Waals surface area contributed by atoms with Crippen LogP contribution in [0.3, 0.4) is 0 Å². The molecule has 0 radical (unpaired) electrons. The third-order valence-corrected chi connectivity index (χ3v) is 8.07. The first-order chi connectivity index (χ1) is 19.3. The quantitative estimate of drug-likeness (QED) is 0.195. The molecule has 0 amide bonds. The van der Waals surface area contributed by atoms with Gasteiger partial charge in [-0.2, -0.15) is 0 Å². The normalized spacial score (nSPS) is 11.7. The molecule has 2 N–H and O–H groups in total. The van der Waals surface area contributed by atoms with E-state index in [4.69, 9.17) is 11.6 Å². The number of rotatable bonds is 6. The lowest BCUT2D eigenvalue weighted by Crippen LogP contribution is -1.93. The molecule has 0 saturated heterocycles. The van der Waals surface area contributed by atoms with Crippen LogP contribution in [0.4, 0.5) is 16.0 Å². The highest BCUT2D eigenvalue weighted by Gasteiger charge is 2.13. The zero-order chi connectivity index (χ0) is 28.2. The number of imidazole rings is 1. The van der Waals surface area contributed by atoms with E-state index in [0.29, 0.717) is 33.7 Å². The summed E-state index contributed by atoms with van der Waals surface area (Å²) in [7, 11) is 0. The molecule has 1 atom stereocenters. The van der Waals surface area contributed by atoms with E-state index in [0.717, 1.165) is 39.8 Å². The molecular weight excluding hydrogens is 545 g/mol. The lowest BCUT2D eigenvalue weighted by Gasteiger charge is -2.08. The second-order valence-corrected chi connectivity index (χ2v) is 11.0. The van der Waals surface area contributed by atoms with E-state index in [1.54, 1.807) is 54.8 Å². The summed E-state index contributed by atoms with van der Waals surface area (Å²) in [6.45, 7) is 6.17. The number of aromatic nitrogens is 4. The van der Waals surface area contributed by atoms with E-state index in [1.165, 1.54) is 16.3 Å². The summed E-state index contributed by atoms with van der Waals surface area (Å²) in [6.07, 6.45) is 5.40. The Balaban J connectivity index is 0.000000162. The fourth-order valence-electron chi connectivity index (χ4n) is 4.16. The minimum absolute atomic E-state index is 0.246. The Labute approximate surface area is 240 Å². The lowest BCUT2D eigenvalue weighted by molar-refractivity contribution is 0.112. The summed E-state index contributed by atoms with van der Waals surface area (Å²) in [5.74, 6) is 0.831. The van der Waals surface area contributed by atoms with Crippen LogP contribution in [0, 0.1) is 12.7 Å². The standard InChI is InChI=1S/C17H16N2OS.C14H11ClFN3/c1-3-11(2)13-6-7-18-15-8-16(21-17(13)15)14-5-4-12(10-20)9-19-14;1-8-2-4-10(7-11(8)16)17-14-18-12-5-3-9(15)6-13(12)19-14/h4-11H,3H2,1-2H3;2-7H,1H3,(H2,17,18,19). The molecule has 2 aromatic carbocycles. The van der Waals surface area contributed by atoms with Crippen molar-refractivity contribution in [3.8, 4) is 10.6 Å². The van der Waals surface area contributed by atoms with Gasteiger partial charge in [-0.05, 0) is 85.0 Å². The van der Waals surface area contributed by atoms with E-state index < -0.39 is 0 Å². The number of anilines is 2. The molecule has 4 heterocycles. The SMILES string of the molecule is CCC(C)c1ccnc2cc(-c3ccc(C=O)cn3)sc12.Cc1ccc(Nc2nc3ccc(Cl)cc3[nH]2)cc1F. The van der Waals surface area contributed by atoms with E-state index in [2.05, 4.69) is 51.2 Å². The smallest absolute Gasteiger partial charge is 0.205 e. The van der Waals surface area contributed by atoms with Gasteiger partial charge in [-0.1, -0.05) is 31.5 Å². The van der Waals surface area contributed by atoms with Crippen LogP contribution < -0.4 is 5.32 Å². The summed E-state index contributed by atoms with van der Waals surface area (Å²) in [6, 6.07) is 18.2. The minimum atomic E-state index is -0.246. The van der Waals surface area contributed by atoms with Gasteiger partial charge in [-0.15, -0.1) is 11.3 Å². The minimum Gasteiger partial charge on any atom is -0.326 e. The molecule has 0 aliphatic heterocycles. The molecule has 1 unspecified atom stereocenters. The average molecular weight is 572 g/mol. The number of nitrogens with zero attached hydrogens (tertiary/aromatic N) is 3. The Morgan fingerprint density at radius 1 is 1.07 bits per heavy atom. The predicted octanol–water partition coefficient (Wildman–Crippen LogP) is 9.09. The zero-order valence-electron chi connectivity index (χ0n) is 22.2. The third kappa shape index (κ3) is 6.03. The molecule has 0 fully saturated rings. The number of carbonyl (C=O) groups excluding carboxylic acids is 1. The zero-order valence-corrected chi connectivity index (χ0v) is 23.8. The van der Waals surface area contributed by atoms with Crippen molar-refractivity contribution in [2.24, 2.45) is 0 Å². The molecule has 40 heavy (non-hydrogen) atoms. The average Bonchev–Trinajstić information content (AvgIpc) is 3.58. The molecule has 9 heteroatoms. The van der Waals surface area contributed by atoms with Crippen molar-refractivity contribution in [2.45, 2.75) is 33.1 Å². The molecule has 0 spiro atoms. The second kappa shape index (κ2) is 11.9. The molecule has 6 rings (SSSR count). The van der Waals surface area contributed by atoms with Crippen LogP contribution in [0.5, 0.6) is 0 Å². The Bertz CT molecular complexity index is 1800. The van der Waals surface area contributed by atoms with Crippen molar-refractivity contribution >= 4 is 62.1 Å². The van der Waals surface area contributed by atoms with Gasteiger partial charge in [0.25, 0.3) is 0 Å². The molecule has 6 aromatic rings. The monoisotopic (exact) mass is 571 g/mol. The van der Waals surface area contributed by atoms with Crippen molar-refractivity contribution in [3.63, 3.8) is 0 Å². The van der Waals surface area contributed by atoms with Gasteiger partial charge in [0.05, 0.1) is 31.8 Å². The highest BCUT2D eigenvalue weighted by Crippen LogP contribution is 2.36. The lowest BCUT2D eigenvalue weighted by atomic mass is 9.99. The number of aldehydes is 1. The molecule has 4 aromatic heterocycles. The van der Waals surface area contributed by atoms with Crippen LogP contribution in [0.2, 0.25) is 5.02 Å². The number of pyridine rings is 2. The molecule has 6 nitrogen and oxygen atoms in total. The first-order valence-electron chi connectivity index (χ1n) is 12.8. The molecule has 0 bridgehead atoms. The molecule has 0 saturated carbocycles. The number of H-pyrrole nitrogens is 1. The second-order valence-electron chi connectivity index (χ2n) is 9.46. The Morgan fingerprint density at radius 2 is 1.93 bits per heavy atom. The van der Waals surface area contributed by atoms with Gasteiger partial charge in [-0.3, -0.25) is 14.8 Å². The fraction of sp³-hybridized carbons (Fsp3) is 0.161. The highest BCUT2D eigenvalue weighted by molar-refractivity contribution is 7.22. The van der Waals surface area contributed by atoms with Crippen molar-refractivity contribution in [1.29, 1.82) is 0 Å². The summed E-state index contributed by atoms with van der Waals surface area (Å²) in [5.41, 5.74) is 6.76. The van der Waals surface area contributed by atoms with Crippen LogP contribution in [0.25, 0.3) is 31.8 Å². The van der Waals surface area contributed by atoms with Crippen LogP contribution in [0.15, 0.2) is 73.1 Å². The van der Waals surface area contributed by atoms with Gasteiger partial charge in [0.2, 0.25) is 5.95 Å². The number of carbonyl (C=O) groups is 1. The molecule has 0 aliphatic carbocycles. The van der Waals surface area contributed by atoms with Crippen molar-refractivity contribution in [1.82, 2.24) is 19.9 Å². The van der Waals surface area contributed by atoms with Crippen LogP contribution in [-0.4, -0.2) is 26.2 Å². The van der Waals surface area contributed by atoms with E-state index >= 15 is 0 Å².